The van der Waals surface area contributed by atoms with Crippen LogP contribution in [0.25, 0.3) is 0 Å². The fourth-order valence-electron chi connectivity index (χ4n) is 2.69. The fraction of sp³-hybridized carbons (Fsp3) is 0.235. The highest BCUT2D eigenvalue weighted by Gasteiger charge is 2.26. The summed E-state index contributed by atoms with van der Waals surface area (Å²) < 4.78 is 0. The average molecular weight is 282 g/mol. The number of aromatic hydroxyl groups is 1. The van der Waals surface area contributed by atoms with Crippen LogP contribution in [-0.2, 0) is 6.42 Å². The monoisotopic (exact) mass is 282 g/mol. The summed E-state index contributed by atoms with van der Waals surface area (Å²) in [5.41, 5.74) is 11.0. The second kappa shape index (κ2) is 4.81. The van der Waals surface area contributed by atoms with Gasteiger partial charge in [-0.05, 0) is 55.2 Å². The van der Waals surface area contributed by atoms with Crippen LogP contribution in [0.3, 0.4) is 0 Å². The van der Waals surface area contributed by atoms with Crippen LogP contribution < -0.4 is 10.6 Å². The second-order valence-corrected chi connectivity index (χ2v) is 5.55. The Balaban J connectivity index is 1.98. The van der Waals surface area contributed by atoms with Gasteiger partial charge in [-0.3, -0.25) is 4.79 Å². The van der Waals surface area contributed by atoms with E-state index in [1.807, 2.05) is 19.1 Å². The predicted octanol–water partition coefficient (Wildman–Crippen LogP) is 2.79. The molecule has 2 aromatic carbocycles. The van der Waals surface area contributed by atoms with Crippen molar-refractivity contribution in [3.63, 3.8) is 0 Å². The molecular formula is C17H18N2O2. The Kier molecular flexibility index (Phi) is 3.09. The van der Waals surface area contributed by atoms with Gasteiger partial charge < -0.3 is 15.7 Å². The number of nitrogen functional groups attached to an aromatic ring is 1. The van der Waals surface area contributed by atoms with Crippen LogP contribution in [0.5, 0.6) is 5.75 Å². The first-order chi connectivity index (χ1) is 9.97. The van der Waals surface area contributed by atoms with Gasteiger partial charge in [0.25, 0.3) is 5.91 Å². The van der Waals surface area contributed by atoms with Crippen molar-refractivity contribution in [2.45, 2.75) is 20.3 Å². The molecule has 0 spiro atoms. The summed E-state index contributed by atoms with van der Waals surface area (Å²) in [6.07, 6.45) is 0.833. The number of phenolic OH excluding ortho intramolecular Hbond substituents is 1. The number of carbonyl (C=O) groups excluding carboxylic acids is 1. The van der Waals surface area contributed by atoms with Gasteiger partial charge in [-0.25, -0.2) is 0 Å². The van der Waals surface area contributed by atoms with E-state index in [-0.39, 0.29) is 11.7 Å². The zero-order valence-electron chi connectivity index (χ0n) is 12.2. The molecule has 0 atom stereocenters. The van der Waals surface area contributed by atoms with Gasteiger partial charge in [0, 0.05) is 23.5 Å². The van der Waals surface area contributed by atoms with E-state index in [0.29, 0.717) is 17.8 Å². The fourth-order valence-corrected chi connectivity index (χ4v) is 2.69. The molecule has 0 fully saturated rings. The summed E-state index contributed by atoms with van der Waals surface area (Å²) in [5, 5.41) is 9.78. The van der Waals surface area contributed by atoms with Crippen molar-refractivity contribution in [2.24, 2.45) is 0 Å². The van der Waals surface area contributed by atoms with Crippen LogP contribution in [-0.4, -0.2) is 17.6 Å². The topological polar surface area (TPSA) is 66.6 Å². The van der Waals surface area contributed by atoms with Gasteiger partial charge in [0.15, 0.2) is 0 Å². The summed E-state index contributed by atoms with van der Waals surface area (Å²) in [6, 6.07) is 8.93. The Morgan fingerprint density at radius 1 is 1.19 bits per heavy atom. The number of rotatable bonds is 1. The first-order valence-electron chi connectivity index (χ1n) is 6.98. The van der Waals surface area contributed by atoms with E-state index in [1.165, 1.54) is 6.07 Å². The minimum Gasteiger partial charge on any atom is -0.508 e. The molecule has 0 bridgehead atoms. The molecule has 4 nitrogen and oxygen atoms in total. The van der Waals surface area contributed by atoms with Crippen molar-refractivity contribution in [1.29, 1.82) is 0 Å². The number of nitrogens with zero attached hydrogens (tertiary/aromatic N) is 1. The van der Waals surface area contributed by atoms with Gasteiger partial charge in [-0.2, -0.15) is 0 Å². The maximum absolute atomic E-state index is 12.6. The van der Waals surface area contributed by atoms with Crippen LogP contribution in [0.4, 0.5) is 11.4 Å². The standard InChI is InChI=1S/C17H18N2O2/c1-10-3-4-13(8-16(10)20)17(21)19-6-5-12-7-11(2)14(18)9-15(12)19/h3-4,7-9,20H,5-6,18H2,1-2H3. The molecule has 21 heavy (non-hydrogen) atoms. The maximum atomic E-state index is 12.6. The van der Waals surface area contributed by atoms with Gasteiger partial charge in [0.05, 0.1) is 0 Å². The summed E-state index contributed by atoms with van der Waals surface area (Å²) in [4.78, 5) is 14.4. The number of hydrogen-bond donors (Lipinski definition) is 2. The van der Waals surface area contributed by atoms with Crippen LogP contribution in [0.15, 0.2) is 30.3 Å². The molecule has 0 saturated heterocycles. The Morgan fingerprint density at radius 2 is 1.95 bits per heavy atom. The number of fused-ring (bicyclic) bond motifs is 1. The maximum Gasteiger partial charge on any atom is 0.258 e. The quantitative estimate of drug-likeness (QED) is 0.790. The van der Waals surface area contributed by atoms with Gasteiger partial charge in [-0.1, -0.05) is 12.1 Å². The first-order valence-corrected chi connectivity index (χ1v) is 6.98. The van der Waals surface area contributed by atoms with Crippen molar-refractivity contribution in [1.82, 2.24) is 0 Å². The number of carbonyl (C=O) groups is 1. The molecule has 2 aromatic rings. The zero-order valence-corrected chi connectivity index (χ0v) is 12.2. The van der Waals surface area contributed by atoms with Crippen LogP contribution in [0.1, 0.15) is 27.0 Å². The summed E-state index contributed by atoms with van der Waals surface area (Å²) >= 11 is 0. The van der Waals surface area contributed by atoms with E-state index in [1.54, 1.807) is 24.0 Å². The molecule has 0 aliphatic carbocycles. The molecule has 4 heteroatoms. The van der Waals surface area contributed by atoms with Gasteiger partial charge >= 0.3 is 0 Å². The van der Waals surface area contributed by atoms with Gasteiger partial charge in [0.2, 0.25) is 0 Å². The molecule has 3 N–H and O–H groups in total. The van der Waals surface area contributed by atoms with Gasteiger partial charge in [0.1, 0.15) is 5.75 Å². The third-order valence-corrected chi connectivity index (χ3v) is 4.06. The average Bonchev–Trinajstić information content (AvgIpc) is 2.84. The zero-order chi connectivity index (χ0) is 15.1. The van der Waals surface area contributed by atoms with Crippen LogP contribution in [0, 0.1) is 13.8 Å². The third kappa shape index (κ3) is 2.23. The van der Waals surface area contributed by atoms with Crippen LogP contribution in [0.2, 0.25) is 0 Å². The molecule has 1 heterocycles. The smallest absolute Gasteiger partial charge is 0.258 e. The number of nitrogens with two attached hydrogens (primary N) is 1. The lowest BCUT2D eigenvalue weighted by atomic mass is 10.1. The van der Waals surface area contributed by atoms with E-state index in [9.17, 15) is 9.90 Å². The molecule has 0 aromatic heterocycles. The molecule has 0 saturated carbocycles. The Morgan fingerprint density at radius 3 is 2.67 bits per heavy atom. The SMILES string of the molecule is Cc1cc2c(cc1N)N(C(=O)c1ccc(C)c(O)c1)CC2. The van der Waals surface area contributed by atoms with Gasteiger partial charge in [-0.15, -0.1) is 0 Å². The van der Waals surface area contributed by atoms with Crippen molar-refractivity contribution >= 4 is 17.3 Å². The molecule has 0 unspecified atom stereocenters. The van der Waals surface area contributed by atoms with Crippen molar-refractivity contribution in [3.05, 3.63) is 52.6 Å². The summed E-state index contributed by atoms with van der Waals surface area (Å²) in [7, 11) is 0. The van der Waals surface area contributed by atoms with E-state index >= 15 is 0 Å². The van der Waals surface area contributed by atoms with E-state index in [2.05, 4.69) is 0 Å². The number of benzene rings is 2. The number of phenols is 1. The van der Waals surface area contributed by atoms with E-state index in [4.69, 9.17) is 5.73 Å². The summed E-state index contributed by atoms with van der Waals surface area (Å²) in [6.45, 7) is 4.42. The van der Waals surface area contributed by atoms with Crippen molar-refractivity contribution in [2.75, 3.05) is 17.2 Å². The molecule has 1 aliphatic rings. The Hall–Kier alpha value is -2.49. The molecular weight excluding hydrogens is 264 g/mol. The Labute approximate surface area is 123 Å². The molecule has 0 radical (unpaired) electrons. The molecule has 3 rings (SSSR count). The highest BCUT2D eigenvalue weighted by atomic mass is 16.3. The summed E-state index contributed by atoms with van der Waals surface area (Å²) in [5.74, 6) is 0.0380. The lowest BCUT2D eigenvalue weighted by Crippen LogP contribution is -2.28. The van der Waals surface area contributed by atoms with E-state index < -0.39 is 0 Å². The number of hydrogen-bond acceptors (Lipinski definition) is 3. The molecule has 1 aliphatic heterocycles. The number of anilines is 2. The second-order valence-electron chi connectivity index (χ2n) is 5.55. The van der Waals surface area contributed by atoms with E-state index in [0.717, 1.165) is 28.8 Å². The minimum atomic E-state index is -0.104. The molecule has 1 amide bonds. The van der Waals surface area contributed by atoms with Crippen molar-refractivity contribution in [3.8, 4) is 5.75 Å². The minimum absolute atomic E-state index is 0.104. The highest BCUT2D eigenvalue weighted by molar-refractivity contribution is 6.07. The number of amides is 1. The largest absolute Gasteiger partial charge is 0.508 e. The lowest BCUT2D eigenvalue weighted by Gasteiger charge is -2.18. The molecule has 108 valence electrons. The number of aryl methyl sites for hydroxylation is 2. The highest BCUT2D eigenvalue weighted by Crippen LogP contribution is 2.33. The Bertz CT molecular complexity index is 738. The van der Waals surface area contributed by atoms with Crippen molar-refractivity contribution < 1.29 is 9.90 Å². The first kappa shape index (κ1) is 13.5. The predicted molar refractivity (Wildman–Crippen MR) is 83.8 cm³/mol. The lowest BCUT2D eigenvalue weighted by molar-refractivity contribution is 0.0989. The normalized spacial score (nSPS) is 13.3. The van der Waals surface area contributed by atoms with Crippen LogP contribution >= 0.6 is 0 Å². The third-order valence-electron chi connectivity index (χ3n) is 4.06.